The van der Waals surface area contributed by atoms with Crippen LogP contribution in [0.5, 0.6) is 0 Å². The van der Waals surface area contributed by atoms with Crippen molar-refractivity contribution in [1.29, 1.82) is 0 Å². The summed E-state index contributed by atoms with van der Waals surface area (Å²) in [7, 11) is 0. The number of amidine groups is 2. The van der Waals surface area contributed by atoms with Gasteiger partial charge in [0.1, 0.15) is 22.8 Å². The maximum atomic E-state index is 6.86. The molecule has 1 aliphatic carbocycles. The third-order valence-corrected chi connectivity index (χ3v) is 11.6. The maximum absolute atomic E-state index is 6.86. The largest absolute Gasteiger partial charge is 0.455 e. The molecule has 5 nitrogen and oxygen atoms in total. The van der Waals surface area contributed by atoms with Crippen molar-refractivity contribution in [1.82, 2.24) is 9.88 Å². The van der Waals surface area contributed by atoms with Gasteiger partial charge in [0.2, 0.25) is 0 Å². The van der Waals surface area contributed by atoms with E-state index in [1.807, 2.05) is 17.4 Å². The maximum Gasteiger partial charge on any atom is 0.170 e. The fourth-order valence-corrected chi connectivity index (χ4v) is 9.28. The van der Waals surface area contributed by atoms with E-state index in [0.29, 0.717) is 0 Å². The molecule has 0 saturated carbocycles. The quantitative estimate of drug-likeness (QED) is 0.202. The number of allylic oxidation sites excluding steroid dienone is 3. The Hall–Kier alpha value is -6.24. The Labute approximate surface area is 297 Å². The zero-order valence-corrected chi connectivity index (χ0v) is 28.3. The first-order valence-electron chi connectivity index (χ1n) is 17.4. The Kier molecular flexibility index (Phi) is 6.24. The molecule has 1 aliphatic heterocycles. The first kappa shape index (κ1) is 28.6. The highest BCUT2D eigenvalue weighted by atomic mass is 32.1. The van der Waals surface area contributed by atoms with Crippen molar-refractivity contribution < 1.29 is 4.42 Å². The van der Waals surface area contributed by atoms with Crippen molar-refractivity contribution in [2.45, 2.75) is 12.6 Å². The molecule has 2 aliphatic rings. The smallest absolute Gasteiger partial charge is 0.170 e. The van der Waals surface area contributed by atoms with Crippen molar-refractivity contribution in [3.05, 3.63) is 163 Å². The highest BCUT2D eigenvalue weighted by molar-refractivity contribution is 7.26. The van der Waals surface area contributed by atoms with E-state index in [-0.39, 0.29) is 5.92 Å². The molecule has 0 fully saturated rings. The number of benzene rings is 6. The summed E-state index contributed by atoms with van der Waals surface area (Å²) >= 11 is 1.83. The number of hydrogen-bond donors (Lipinski definition) is 1. The lowest BCUT2D eigenvalue weighted by atomic mass is 9.97. The summed E-state index contributed by atoms with van der Waals surface area (Å²) in [6.07, 6.45) is 9.10. The van der Waals surface area contributed by atoms with Gasteiger partial charge < -0.3 is 14.3 Å². The van der Waals surface area contributed by atoms with Crippen LogP contribution in [0, 0.1) is 5.92 Å². The second-order valence-corrected chi connectivity index (χ2v) is 14.3. The predicted octanol–water partition coefficient (Wildman–Crippen LogP) is 11.6. The lowest BCUT2D eigenvalue weighted by molar-refractivity contribution is 0.671. The second-order valence-electron chi connectivity index (χ2n) is 13.3. The van der Waals surface area contributed by atoms with E-state index in [9.17, 15) is 0 Å². The topological polar surface area (TPSA) is 54.8 Å². The van der Waals surface area contributed by atoms with Gasteiger partial charge in [-0.15, -0.1) is 11.3 Å². The van der Waals surface area contributed by atoms with E-state index in [2.05, 4.69) is 156 Å². The first-order valence-corrected chi connectivity index (χ1v) is 18.2. The zero-order valence-electron chi connectivity index (χ0n) is 27.5. The Morgan fingerprint density at radius 3 is 2.24 bits per heavy atom. The van der Waals surface area contributed by atoms with E-state index in [1.54, 1.807) is 0 Å². The van der Waals surface area contributed by atoms with Crippen LogP contribution >= 0.6 is 11.3 Å². The monoisotopic (exact) mass is 674 g/mol. The van der Waals surface area contributed by atoms with Crippen molar-refractivity contribution in [3.8, 4) is 5.69 Å². The molecular formula is C45H30N4OS. The Balaban J connectivity index is 1.13. The van der Waals surface area contributed by atoms with Gasteiger partial charge in [-0.25, -0.2) is 9.98 Å². The first-order chi connectivity index (χ1) is 25.3. The minimum atomic E-state index is -0.419. The highest BCUT2D eigenvalue weighted by Crippen LogP contribution is 2.46. The van der Waals surface area contributed by atoms with Gasteiger partial charge >= 0.3 is 0 Å². The average molecular weight is 675 g/mol. The number of nitrogens with zero attached hydrogens (tertiary/aromatic N) is 3. The molecule has 0 amide bonds. The summed E-state index contributed by atoms with van der Waals surface area (Å²) in [6.45, 7) is 0. The summed E-state index contributed by atoms with van der Waals surface area (Å²) in [5.74, 6) is 1.93. The van der Waals surface area contributed by atoms with Gasteiger partial charge in [-0.05, 0) is 42.8 Å². The van der Waals surface area contributed by atoms with E-state index >= 15 is 0 Å². The molecule has 9 aromatic rings. The van der Waals surface area contributed by atoms with Crippen molar-refractivity contribution in [2.75, 3.05) is 0 Å². The van der Waals surface area contributed by atoms with E-state index in [1.165, 1.54) is 42.3 Å². The Bertz CT molecular complexity index is 2940. The molecule has 51 heavy (non-hydrogen) atoms. The summed E-state index contributed by atoms with van der Waals surface area (Å²) in [5, 5.41) is 10.6. The molecular weight excluding hydrogens is 645 g/mol. The number of para-hydroxylation sites is 2. The molecule has 6 aromatic carbocycles. The van der Waals surface area contributed by atoms with Crippen LogP contribution in [-0.2, 0) is 0 Å². The SMILES string of the molecule is C1=CCC(C2=NC(c3cccc4oc5c(ccc6sc7c(-n8c9ccccc9c9ccccc98)cccc7c65)c34)N=C(c3ccccc3)N2)C=C1. The summed E-state index contributed by atoms with van der Waals surface area (Å²) in [5.41, 5.74) is 7.44. The van der Waals surface area contributed by atoms with Crippen molar-refractivity contribution >= 4 is 86.9 Å². The van der Waals surface area contributed by atoms with Crippen molar-refractivity contribution in [3.63, 3.8) is 0 Å². The fourth-order valence-electron chi connectivity index (χ4n) is 8.07. The van der Waals surface area contributed by atoms with Crippen LogP contribution in [0.25, 0.3) is 69.6 Å². The number of fused-ring (bicyclic) bond motifs is 10. The number of aromatic nitrogens is 1. The summed E-state index contributed by atoms with van der Waals surface area (Å²) < 4.78 is 11.7. The minimum absolute atomic E-state index is 0.160. The molecule has 0 bridgehead atoms. The minimum Gasteiger partial charge on any atom is -0.455 e. The lowest BCUT2D eigenvalue weighted by Crippen LogP contribution is -2.39. The van der Waals surface area contributed by atoms with Crippen molar-refractivity contribution in [2.24, 2.45) is 15.9 Å². The number of nitrogens with one attached hydrogen (secondary N) is 1. The Morgan fingerprint density at radius 1 is 0.667 bits per heavy atom. The number of thiophene rings is 1. The van der Waals surface area contributed by atoms with Gasteiger partial charge in [0.15, 0.2) is 6.17 Å². The van der Waals surface area contributed by atoms with Crippen LogP contribution in [0.4, 0.5) is 0 Å². The molecule has 0 saturated heterocycles. The molecule has 4 heterocycles. The number of furan rings is 1. The number of rotatable bonds is 4. The number of aliphatic imine (C=N–C) groups is 2. The molecule has 0 radical (unpaired) electrons. The predicted molar refractivity (Wildman–Crippen MR) is 214 cm³/mol. The van der Waals surface area contributed by atoms with Crippen LogP contribution < -0.4 is 5.32 Å². The molecule has 0 spiro atoms. The van der Waals surface area contributed by atoms with E-state index in [4.69, 9.17) is 14.4 Å². The standard InChI is InChI=1S/C45H30N4OS/c1-3-13-27(14-4-1)43-46-44(28-15-5-2-6-16-28)48-45(47-43)33-20-12-24-37-39(33)31-25-26-38-40(41(31)50-37)32-19-11-23-36(42(32)51-38)49-34-21-9-7-17-29(34)30-18-8-10-22-35(30)49/h1-15,17-26,28,45H,16H2,(H,46,47,48). The molecule has 3 aromatic heterocycles. The lowest BCUT2D eigenvalue weighted by Gasteiger charge is -2.26. The third-order valence-electron chi connectivity index (χ3n) is 10.4. The van der Waals surface area contributed by atoms with E-state index < -0.39 is 6.17 Å². The zero-order chi connectivity index (χ0) is 33.5. The van der Waals surface area contributed by atoms with Crippen LogP contribution in [0.15, 0.2) is 166 Å². The summed E-state index contributed by atoms with van der Waals surface area (Å²) in [6, 6.07) is 45.2. The highest BCUT2D eigenvalue weighted by Gasteiger charge is 2.27. The Morgan fingerprint density at radius 2 is 1.43 bits per heavy atom. The second kappa shape index (κ2) is 11.1. The fraction of sp³-hybridized carbons (Fsp3) is 0.0667. The van der Waals surface area contributed by atoms with Gasteiger partial charge in [0.05, 0.1) is 21.4 Å². The number of hydrogen-bond acceptors (Lipinski definition) is 5. The molecule has 6 heteroatoms. The van der Waals surface area contributed by atoms with Crippen LogP contribution in [0.2, 0.25) is 0 Å². The molecule has 2 atom stereocenters. The van der Waals surface area contributed by atoms with Crippen LogP contribution in [0.1, 0.15) is 23.7 Å². The summed E-state index contributed by atoms with van der Waals surface area (Å²) in [4.78, 5) is 10.5. The molecule has 242 valence electrons. The van der Waals surface area contributed by atoms with Gasteiger partial charge in [0, 0.05) is 54.1 Å². The van der Waals surface area contributed by atoms with Gasteiger partial charge in [-0.2, -0.15) is 0 Å². The van der Waals surface area contributed by atoms with Crippen LogP contribution in [0.3, 0.4) is 0 Å². The van der Waals surface area contributed by atoms with Crippen LogP contribution in [-0.4, -0.2) is 16.2 Å². The molecule has 1 N–H and O–H groups in total. The molecule has 11 rings (SSSR count). The van der Waals surface area contributed by atoms with Gasteiger partial charge in [-0.1, -0.05) is 115 Å². The van der Waals surface area contributed by atoms with E-state index in [0.717, 1.165) is 56.5 Å². The average Bonchev–Trinajstić information content (AvgIpc) is 3.88. The normalized spacial score (nSPS) is 17.6. The molecule has 2 unspecified atom stereocenters. The third kappa shape index (κ3) is 4.33. The van der Waals surface area contributed by atoms with Gasteiger partial charge in [0.25, 0.3) is 0 Å². The van der Waals surface area contributed by atoms with Gasteiger partial charge in [-0.3, -0.25) is 0 Å².